The van der Waals surface area contributed by atoms with Crippen molar-refractivity contribution in [2.45, 2.75) is 32.4 Å². The second-order valence-corrected chi connectivity index (χ2v) is 3.69. The fourth-order valence-electron chi connectivity index (χ4n) is 1.55. The van der Waals surface area contributed by atoms with E-state index in [-0.39, 0.29) is 5.82 Å². The molecule has 1 aromatic rings. The highest BCUT2D eigenvalue weighted by Gasteiger charge is 2.40. The molecule has 0 atom stereocenters. The molecule has 1 heterocycles. The number of alkyl halides is 3. The molecule has 7 heteroatoms. The Hall–Kier alpha value is -1.53. The van der Waals surface area contributed by atoms with Crippen molar-refractivity contribution in [3.05, 3.63) is 17.2 Å². The summed E-state index contributed by atoms with van der Waals surface area (Å²) in [6.45, 7) is 1.89. The van der Waals surface area contributed by atoms with Crippen LogP contribution in [0.15, 0.2) is 0 Å². The van der Waals surface area contributed by atoms with Gasteiger partial charge in [-0.05, 0) is 6.42 Å². The predicted molar refractivity (Wildman–Crippen MR) is 53.8 cm³/mol. The van der Waals surface area contributed by atoms with E-state index >= 15 is 0 Å². The van der Waals surface area contributed by atoms with E-state index in [1.807, 2.05) is 6.92 Å². The van der Waals surface area contributed by atoms with Crippen LogP contribution in [0.5, 0.6) is 0 Å². The van der Waals surface area contributed by atoms with E-state index in [1.54, 1.807) is 0 Å². The number of halogens is 3. The fourth-order valence-corrected chi connectivity index (χ4v) is 1.55. The quantitative estimate of drug-likeness (QED) is 0.893. The monoisotopic (exact) mass is 250 g/mol. The average molecular weight is 250 g/mol. The van der Waals surface area contributed by atoms with Crippen LogP contribution in [0.3, 0.4) is 0 Å². The standard InChI is InChI=1S/C10H13F3N2O2/c1-3-4-5-6-14-8(10(11,12)13)7(9(16)17)15(6)2/h3-5H2,1-2H3,(H,16,17). The second-order valence-electron chi connectivity index (χ2n) is 3.69. The predicted octanol–water partition coefficient (Wildman–Crippen LogP) is 2.48. The van der Waals surface area contributed by atoms with Crippen molar-refractivity contribution in [2.75, 3.05) is 0 Å². The molecule has 0 aromatic carbocycles. The van der Waals surface area contributed by atoms with Crippen LogP contribution in [0.2, 0.25) is 0 Å². The number of aromatic nitrogens is 2. The Morgan fingerprint density at radius 1 is 1.47 bits per heavy atom. The molecule has 0 aliphatic heterocycles. The molecule has 0 amide bonds. The number of imidazole rings is 1. The van der Waals surface area contributed by atoms with Gasteiger partial charge in [-0.2, -0.15) is 13.2 Å². The van der Waals surface area contributed by atoms with Crippen LogP contribution in [0, 0.1) is 0 Å². The molecule has 17 heavy (non-hydrogen) atoms. The second kappa shape index (κ2) is 4.77. The van der Waals surface area contributed by atoms with E-state index in [9.17, 15) is 18.0 Å². The van der Waals surface area contributed by atoms with Crippen LogP contribution in [0.4, 0.5) is 13.2 Å². The summed E-state index contributed by atoms with van der Waals surface area (Å²) in [5.74, 6) is -1.47. The maximum Gasteiger partial charge on any atom is 0.435 e. The van der Waals surface area contributed by atoms with E-state index in [4.69, 9.17) is 5.11 Å². The molecule has 0 saturated carbocycles. The molecule has 0 saturated heterocycles. The van der Waals surface area contributed by atoms with E-state index in [0.717, 1.165) is 11.0 Å². The Bertz CT molecular complexity index is 424. The van der Waals surface area contributed by atoms with E-state index in [0.29, 0.717) is 12.8 Å². The molecule has 0 aliphatic carbocycles. The first-order chi connectivity index (χ1) is 7.79. The van der Waals surface area contributed by atoms with Gasteiger partial charge in [0.15, 0.2) is 11.4 Å². The number of carbonyl (C=O) groups is 1. The van der Waals surface area contributed by atoms with E-state index in [2.05, 4.69) is 4.98 Å². The maximum absolute atomic E-state index is 12.6. The van der Waals surface area contributed by atoms with Gasteiger partial charge in [0.25, 0.3) is 0 Å². The molecule has 0 unspecified atom stereocenters. The highest BCUT2D eigenvalue weighted by atomic mass is 19.4. The summed E-state index contributed by atoms with van der Waals surface area (Å²) in [4.78, 5) is 14.2. The summed E-state index contributed by atoms with van der Waals surface area (Å²) < 4.78 is 38.8. The summed E-state index contributed by atoms with van der Waals surface area (Å²) >= 11 is 0. The number of hydrogen-bond donors (Lipinski definition) is 1. The van der Waals surface area contributed by atoms with Crippen molar-refractivity contribution >= 4 is 5.97 Å². The number of unbranched alkanes of at least 4 members (excludes halogenated alkanes) is 1. The Morgan fingerprint density at radius 3 is 2.41 bits per heavy atom. The van der Waals surface area contributed by atoms with Crippen molar-refractivity contribution in [3.63, 3.8) is 0 Å². The van der Waals surface area contributed by atoms with Gasteiger partial charge in [0, 0.05) is 13.5 Å². The molecule has 0 fully saturated rings. The third-order valence-corrected chi connectivity index (χ3v) is 2.41. The van der Waals surface area contributed by atoms with Crippen LogP contribution in [0.1, 0.15) is 41.8 Å². The minimum absolute atomic E-state index is 0.150. The lowest BCUT2D eigenvalue weighted by molar-refractivity contribution is -0.141. The lowest BCUT2D eigenvalue weighted by atomic mass is 10.2. The number of carboxylic acid groups (broad SMARTS) is 1. The summed E-state index contributed by atoms with van der Waals surface area (Å²) in [7, 11) is 1.29. The lowest BCUT2D eigenvalue weighted by Gasteiger charge is -2.04. The van der Waals surface area contributed by atoms with Crippen molar-refractivity contribution < 1.29 is 23.1 Å². The molecule has 0 spiro atoms. The number of hydrogen-bond acceptors (Lipinski definition) is 2. The van der Waals surface area contributed by atoms with Gasteiger partial charge in [0.1, 0.15) is 5.82 Å². The summed E-state index contributed by atoms with van der Waals surface area (Å²) in [5, 5.41) is 8.79. The first-order valence-corrected chi connectivity index (χ1v) is 5.15. The normalized spacial score (nSPS) is 11.8. The molecule has 0 aliphatic rings. The van der Waals surface area contributed by atoms with Crippen molar-refractivity contribution in [1.82, 2.24) is 9.55 Å². The molecule has 1 rings (SSSR count). The van der Waals surface area contributed by atoms with Gasteiger partial charge < -0.3 is 9.67 Å². The minimum Gasteiger partial charge on any atom is -0.477 e. The van der Waals surface area contributed by atoms with Gasteiger partial charge in [-0.25, -0.2) is 9.78 Å². The summed E-state index contributed by atoms with van der Waals surface area (Å²) in [6, 6.07) is 0. The molecule has 0 radical (unpaired) electrons. The van der Waals surface area contributed by atoms with Crippen molar-refractivity contribution in [2.24, 2.45) is 7.05 Å². The molecule has 4 nitrogen and oxygen atoms in total. The molecular formula is C10H13F3N2O2. The smallest absolute Gasteiger partial charge is 0.435 e. The molecule has 1 N–H and O–H groups in total. The van der Waals surface area contributed by atoms with Gasteiger partial charge >= 0.3 is 12.1 Å². The highest BCUT2D eigenvalue weighted by Crippen LogP contribution is 2.31. The van der Waals surface area contributed by atoms with Crippen LogP contribution in [-0.4, -0.2) is 20.6 Å². The Kier molecular flexibility index (Phi) is 3.79. The van der Waals surface area contributed by atoms with Gasteiger partial charge in [0.2, 0.25) is 0 Å². The van der Waals surface area contributed by atoms with Crippen LogP contribution in [0.25, 0.3) is 0 Å². The van der Waals surface area contributed by atoms with Gasteiger partial charge in [-0.1, -0.05) is 13.3 Å². The van der Waals surface area contributed by atoms with Crippen LogP contribution < -0.4 is 0 Å². The topological polar surface area (TPSA) is 55.1 Å². The molecule has 96 valence electrons. The number of rotatable bonds is 4. The Labute approximate surface area is 96.1 Å². The van der Waals surface area contributed by atoms with E-state index in [1.165, 1.54) is 7.05 Å². The zero-order chi connectivity index (χ0) is 13.2. The number of nitrogens with zero attached hydrogens (tertiary/aromatic N) is 2. The highest BCUT2D eigenvalue weighted by molar-refractivity contribution is 5.87. The Morgan fingerprint density at radius 2 is 2.06 bits per heavy atom. The lowest BCUT2D eigenvalue weighted by Crippen LogP contribution is -2.15. The van der Waals surface area contributed by atoms with Crippen LogP contribution in [-0.2, 0) is 19.6 Å². The molecular weight excluding hydrogens is 237 g/mol. The largest absolute Gasteiger partial charge is 0.477 e. The maximum atomic E-state index is 12.6. The van der Waals surface area contributed by atoms with Gasteiger partial charge in [-0.15, -0.1) is 0 Å². The van der Waals surface area contributed by atoms with Crippen molar-refractivity contribution in [1.29, 1.82) is 0 Å². The molecule has 1 aromatic heterocycles. The summed E-state index contributed by atoms with van der Waals surface area (Å²) in [5.41, 5.74) is -2.12. The number of aromatic carboxylic acids is 1. The fraction of sp³-hybridized carbons (Fsp3) is 0.600. The number of aryl methyl sites for hydroxylation is 1. The number of carboxylic acids is 1. The van der Waals surface area contributed by atoms with Gasteiger partial charge in [-0.3, -0.25) is 0 Å². The summed E-state index contributed by atoms with van der Waals surface area (Å²) in [6.07, 6.45) is -2.93. The van der Waals surface area contributed by atoms with Crippen molar-refractivity contribution in [3.8, 4) is 0 Å². The minimum atomic E-state index is -4.74. The first kappa shape index (κ1) is 13.5. The zero-order valence-electron chi connectivity index (χ0n) is 9.51. The average Bonchev–Trinajstić information content (AvgIpc) is 2.52. The molecule has 0 bridgehead atoms. The third-order valence-electron chi connectivity index (χ3n) is 2.41. The Balaban J connectivity index is 3.25. The first-order valence-electron chi connectivity index (χ1n) is 5.15. The SMILES string of the molecule is CCCCc1nc(C(F)(F)F)c(C(=O)O)n1C. The van der Waals surface area contributed by atoms with Crippen LogP contribution >= 0.6 is 0 Å². The van der Waals surface area contributed by atoms with Gasteiger partial charge in [0.05, 0.1) is 0 Å². The third kappa shape index (κ3) is 2.78. The zero-order valence-corrected chi connectivity index (χ0v) is 9.51. The van der Waals surface area contributed by atoms with E-state index < -0.39 is 23.5 Å².